The highest BCUT2D eigenvalue weighted by molar-refractivity contribution is 7.09. The molecule has 0 atom stereocenters. The molecule has 0 N–H and O–H groups in total. The molecule has 0 bridgehead atoms. The molecule has 0 saturated carbocycles. The molecule has 12 heavy (non-hydrogen) atoms. The van der Waals surface area contributed by atoms with E-state index in [-0.39, 0.29) is 0 Å². The van der Waals surface area contributed by atoms with E-state index in [0.717, 1.165) is 16.4 Å². The Hall–Kier alpha value is -1.29. The summed E-state index contributed by atoms with van der Waals surface area (Å²) in [6.07, 6.45) is 4.20. The van der Waals surface area contributed by atoms with E-state index in [9.17, 15) is 0 Å². The van der Waals surface area contributed by atoms with Crippen molar-refractivity contribution in [3.05, 3.63) is 29.0 Å². The quantitative estimate of drug-likeness (QED) is 0.664. The maximum absolute atomic E-state index is 4.29. The minimum absolute atomic E-state index is 0.828. The van der Waals surface area contributed by atoms with Gasteiger partial charge in [-0.1, -0.05) is 0 Å². The van der Waals surface area contributed by atoms with Crippen molar-refractivity contribution in [1.29, 1.82) is 0 Å². The van der Waals surface area contributed by atoms with Gasteiger partial charge in [0.15, 0.2) is 6.33 Å². The topological polar surface area (TPSA) is 38.7 Å². The Morgan fingerprint density at radius 1 is 1.42 bits per heavy atom. The van der Waals surface area contributed by atoms with E-state index in [1.54, 1.807) is 17.5 Å². The van der Waals surface area contributed by atoms with Gasteiger partial charge in [-0.2, -0.15) is 0 Å². The molecule has 0 aromatic carbocycles. The second-order valence-electron chi connectivity index (χ2n) is 2.29. The molecule has 2 heterocycles. The summed E-state index contributed by atoms with van der Waals surface area (Å²) in [5.74, 6) is 0. The Morgan fingerprint density at radius 2 is 2.33 bits per heavy atom. The number of rotatable bonds is 1. The maximum atomic E-state index is 4.29. The Bertz CT molecular complexity index is 369. The van der Waals surface area contributed by atoms with Gasteiger partial charge >= 0.3 is 0 Å². The van der Waals surface area contributed by atoms with E-state index >= 15 is 0 Å². The van der Waals surface area contributed by atoms with E-state index in [1.807, 2.05) is 18.4 Å². The fourth-order valence-corrected chi connectivity index (χ4v) is 1.49. The Morgan fingerprint density at radius 3 is 2.92 bits per heavy atom. The molecular weight excluding hydrogens is 170 g/mol. The molecule has 59 valence electrons. The molecule has 2 aromatic rings. The van der Waals surface area contributed by atoms with Gasteiger partial charge in [-0.3, -0.25) is 0 Å². The zero-order valence-corrected chi connectivity index (χ0v) is 7.30. The summed E-state index contributed by atoms with van der Waals surface area (Å²) in [5.41, 5.74) is 1.73. The largest absolute Gasteiger partial charge is 0.240 e. The van der Waals surface area contributed by atoms with E-state index in [4.69, 9.17) is 0 Å². The summed E-state index contributed by atoms with van der Waals surface area (Å²) in [7, 11) is 0. The SMILES string of the molecule is Cc1nc(-c2ccn[c]n2)cs1. The first-order valence-electron chi connectivity index (χ1n) is 3.48. The van der Waals surface area contributed by atoms with Crippen LogP contribution in [-0.2, 0) is 0 Å². The molecule has 0 amide bonds. The van der Waals surface area contributed by atoms with E-state index in [2.05, 4.69) is 21.3 Å². The van der Waals surface area contributed by atoms with Gasteiger partial charge in [0.1, 0.15) is 0 Å². The average molecular weight is 176 g/mol. The molecule has 0 aliphatic rings. The van der Waals surface area contributed by atoms with Crippen LogP contribution in [-0.4, -0.2) is 15.0 Å². The molecule has 0 spiro atoms. The summed E-state index contributed by atoms with van der Waals surface area (Å²) < 4.78 is 0. The molecule has 3 nitrogen and oxygen atoms in total. The van der Waals surface area contributed by atoms with Crippen LogP contribution in [0.1, 0.15) is 5.01 Å². The Labute approximate surface area is 74.2 Å². The molecule has 0 unspecified atom stereocenters. The van der Waals surface area contributed by atoms with E-state index in [0.29, 0.717) is 0 Å². The highest BCUT2D eigenvalue weighted by Gasteiger charge is 2.01. The van der Waals surface area contributed by atoms with Crippen molar-refractivity contribution < 1.29 is 0 Å². The van der Waals surface area contributed by atoms with Crippen molar-refractivity contribution in [3.63, 3.8) is 0 Å². The maximum Gasteiger partial charge on any atom is 0.198 e. The Balaban J connectivity index is 2.45. The lowest BCUT2D eigenvalue weighted by Gasteiger charge is -1.90. The van der Waals surface area contributed by atoms with Crippen LogP contribution in [0.5, 0.6) is 0 Å². The van der Waals surface area contributed by atoms with Crippen molar-refractivity contribution in [3.8, 4) is 11.4 Å². The molecule has 2 aromatic heterocycles. The minimum atomic E-state index is 0.828. The monoisotopic (exact) mass is 176 g/mol. The van der Waals surface area contributed by atoms with Crippen LogP contribution in [0.4, 0.5) is 0 Å². The van der Waals surface area contributed by atoms with Crippen LogP contribution in [0.3, 0.4) is 0 Å². The van der Waals surface area contributed by atoms with Gasteiger partial charge < -0.3 is 0 Å². The van der Waals surface area contributed by atoms with Crippen LogP contribution in [0, 0.1) is 13.3 Å². The molecule has 0 fully saturated rings. The number of nitrogens with zero attached hydrogens (tertiary/aromatic N) is 3. The lowest BCUT2D eigenvalue weighted by molar-refractivity contribution is 1.14. The van der Waals surface area contributed by atoms with Gasteiger partial charge in [0.2, 0.25) is 0 Å². The highest BCUT2D eigenvalue weighted by atomic mass is 32.1. The summed E-state index contributed by atoms with van der Waals surface area (Å²) in [5, 5.41) is 3.02. The van der Waals surface area contributed by atoms with Gasteiger partial charge in [0, 0.05) is 11.6 Å². The second kappa shape index (κ2) is 2.98. The molecule has 4 heteroatoms. The number of aryl methyl sites for hydroxylation is 1. The lowest BCUT2D eigenvalue weighted by Crippen LogP contribution is -1.83. The first kappa shape index (κ1) is 7.36. The first-order chi connectivity index (χ1) is 5.86. The second-order valence-corrected chi connectivity index (χ2v) is 3.36. The van der Waals surface area contributed by atoms with E-state index in [1.165, 1.54) is 0 Å². The van der Waals surface area contributed by atoms with Crippen LogP contribution < -0.4 is 0 Å². The molecule has 0 aliphatic heterocycles. The fourth-order valence-electron chi connectivity index (χ4n) is 0.885. The molecule has 2 rings (SSSR count). The van der Waals surface area contributed by atoms with Crippen molar-refractivity contribution >= 4 is 11.3 Å². The average Bonchev–Trinajstić information content (AvgIpc) is 2.54. The van der Waals surface area contributed by atoms with Gasteiger partial charge in [0.05, 0.1) is 16.4 Å². The van der Waals surface area contributed by atoms with Crippen LogP contribution in [0.25, 0.3) is 11.4 Å². The third-order valence-electron chi connectivity index (χ3n) is 1.42. The van der Waals surface area contributed by atoms with Crippen molar-refractivity contribution in [2.24, 2.45) is 0 Å². The summed E-state index contributed by atoms with van der Waals surface area (Å²) in [4.78, 5) is 12.0. The van der Waals surface area contributed by atoms with E-state index < -0.39 is 0 Å². The number of aromatic nitrogens is 3. The zero-order valence-electron chi connectivity index (χ0n) is 6.48. The van der Waals surface area contributed by atoms with Crippen molar-refractivity contribution in [2.75, 3.05) is 0 Å². The lowest BCUT2D eigenvalue weighted by atomic mass is 10.3. The third kappa shape index (κ3) is 1.33. The standard InChI is InChI=1S/C8H6N3S/c1-6-11-8(4-12-6)7-2-3-9-5-10-7/h2-4H,1H3. The van der Waals surface area contributed by atoms with Gasteiger partial charge in [0.25, 0.3) is 0 Å². The predicted molar refractivity (Wildman–Crippen MR) is 46.7 cm³/mol. The number of hydrogen-bond acceptors (Lipinski definition) is 4. The smallest absolute Gasteiger partial charge is 0.198 e. The first-order valence-corrected chi connectivity index (χ1v) is 4.36. The minimum Gasteiger partial charge on any atom is -0.240 e. The number of thiazole rings is 1. The van der Waals surface area contributed by atoms with Crippen molar-refractivity contribution in [1.82, 2.24) is 15.0 Å². The zero-order chi connectivity index (χ0) is 8.39. The van der Waals surface area contributed by atoms with Gasteiger partial charge in [-0.15, -0.1) is 11.3 Å². The highest BCUT2D eigenvalue weighted by Crippen LogP contribution is 2.17. The normalized spacial score (nSPS) is 10.1. The molecule has 0 aliphatic carbocycles. The number of hydrogen-bond donors (Lipinski definition) is 0. The summed E-state index contributed by atoms with van der Waals surface area (Å²) >= 11 is 1.61. The summed E-state index contributed by atoms with van der Waals surface area (Å²) in [6.45, 7) is 1.97. The van der Waals surface area contributed by atoms with Gasteiger partial charge in [-0.25, -0.2) is 15.0 Å². The predicted octanol–water partition coefficient (Wildman–Crippen LogP) is 1.71. The van der Waals surface area contributed by atoms with Crippen molar-refractivity contribution in [2.45, 2.75) is 6.92 Å². The van der Waals surface area contributed by atoms with Crippen LogP contribution in [0.2, 0.25) is 0 Å². The molecular formula is C8H6N3S. The van der Waals surface area contributed by atoms with Crippen LogP contribution >= 0.6 is 11.3 Å². The third-order valence-corrected chi connectivity index (χ3v) is 2.19. The van der Waals surface area contributed by atoms with Gasteiger partial charge in [-0.05, 0) is 13.0 Å². The Kier molecular flexibility index (Phi) is 1.83. The molecule has 1 radical (unpaired) electrons. The molecule has 0 saturated heterocycles. The fraction of sp³-hybridized carbons (Fsp3) is 0.125. The summed E-state index contributed by atoms with van der Waals surface area (Å²) in [6, 6.07) is 1.82. The van der Waals surface area contributed by atoms with Crippen LogP contribution in [0.15, 0.2) is 17.6 Å².